The van der Waals surface area contributed by atoms with Crippen LogP contribution in [0.1, 0.15) is 19.4 Å². The van der Waals surface area contributed by atoms with Gasteiger partial charge in [-0.05, 0) is 29.5 Å². The van der Waals surface area contributed by atoms with Crippen LogP contribution < -0.4 is 9.88 Å². The third-order valence-electron chi connectivity index (χ3n) is 2.43. The van der Waals surface area contributed by atoms with Crippen LogP contribution >= 0.6 is 0 Å². The minimum absolute atomic E-state index is 0.0218. The van der Waals surface area contributed by atoms with Crippen LogP contribution in [0.25, 0.3) is 0 Å². The van der Waals surface area contributed by atoms with Crippen LogP contribution in [-0.4, -0.2) is 21.3 Å². The second-order valence-electron chi connectivity index (χ2n) is 5.00. The highest BCUT2D eigenvalue weighted by atomic mass is 32.2. The quantitative estimate of drug-likeness (QED) is 0.870. The van der Waals surface area contributed by atoms with E-state index in [-0.39, 0.29) is 11.2 Å². The van der Waals surface area contributed by atoms with Crippen molar-refractivity contribution in [3.63, 3.8) is 0 Å². The van der Waals surface area contributed by atoms with Crippen LogP contribution in [0.15, 0.2) is 24.3 Å². The molecule has 0 saturated heterocycles. The minimum atomic E-state index is -3.44. The predicted octanol–water partition coefficient (Wildman–Crippen LogP) is 1.55. The Morgan fingerprint density at radius 3 is 2.18 bits per heavy atom. The molecule has 0 heterocycles. The zero-order chi connectivity index (χ0) is 13.1. The molecule has 1 aromatic rings. The van der Waals surface area contributed by atoms with Gasteiger partial charge in [-0.3, -0.25) is 0 Å². The lowest BCUT2D eigenvalue weighted by Gasteiger charge is -2.23. The number of benzene rings is 1. The highest BCUT2D eigenvalue weighted by molar-refractivity contribution is 7.89. The summed E-state index contributed by atoms with van der Waals surface area (Å²) in [5.41, 5.74) is 0.696. The molecular weight excluding hydrogens is 238 g/mol. The maximum absolute atomic E-state index is 11.1. The van der Waals surface area contributed by atoms with E-state index in [0.717, 1.165) is 11.3 Å². The Bertz CT molecular complexity index is 463. The van der Waals surface area contributed by atoms with Crippen LogP contribution in [0.2, 0.25) is 0 Å². The topological polar surface area (TPSA) is 69.4 Å². The van der Waals surface area contributed by atoms with E-state index in [4.69, 9.17) is 9.88 Å². The van der Waals surface area contributed by atoms with Crippen LogP contribution in [-0.2, 0) is 16.4 Å². The zero-order valence-electron chi connectivity index (χ0n) is 10.4. The fourth-order valence-corrected chi connectivity index (χ4v) is 3.08. The van der Waals surface area contributed by atoms with Gasteiger partial charge in [0.25, 0.3) is 0 Å². The lowest BCUT2D eigenvalue weighted by Crippen LogP contribution is -2.30. The van der Waals surface area contributed by atoms with Crippen molar-refractivity contribution in [3.05, 3.63) is 29.8 Å². The molecule has 0 aliphatic rings. The Hall–Kier alpha value is -1.07. The van der Waals surface area contributed by atoms with E-state index in [9.17, 15) is 8.42 Å². The van der Waals surface area contributed by atoms with E-state index in [2.05, 4.69) is 0 Å². The standard InChI is InChI=1S/C12H19NO3S/c1-12(2,9-17(13,14)15)8-10-4-6-11(16-3)7-5-10/h4-7H,8-9H2,1-3H3,(H2,13,14,15). The first kappa shape index (κ1) is 14.0. The molecule has 1 rings (SSSR count). The molecule has 5 heteroatoms. The van der Waals surface area contributed by atoms with Crippen molar-refractivity contribution < 1.29 is 13.2 Å². The lowest BCUT2D eigenvalue weighted by molar-refractivity contribution is 0.405. The van der Waals surface area contributed by atoms with Gasteiger partial charge in [0.15, 0.2) is 0 Å². The molecule has 0 fully saturated rings. The monoisotopic (exact) mass is 257 g/mol. The van der Waals surface area contributed by atoms with Gasteiger partial charge in [-0.1, -0.05) is 26.0 Å². The minimum Gasteiger partial charge on any atom is -0.497 e. The number of sulfonamides is 1. The summed E-state index contributed by atoms with van der Waals surface area (Å²) in [6.45, 7) is 3.78. The van der Waals surface area contributed by atoms with Gasteiger partial charge in [-0.2, -0.15) is 0 Å². The molecule has 4 nitrogen and oxygen atoms in total. The molecule has 0 saturated carbocycles. The summed E-state index contributed by atoms with van der Waals surface area (Å²) in [5, 5.41) is 5.07. The fourth-order valence-electron chi connectivity index (χ4n) is 1.89. The molecule has 0 radical (unpaired) electrons. The van der Waals surface area contributed by atoms with Crippen LogP contribution in [0.5, 0.6) is 5.75 Å². The van der Waals surface area contributed by atoms with Crippen molar-refractivity contribution in [1.82, 2.24) is 0 Å². The largest absolute Gasteiger partial charge is 0.497 e. The summed E-state index contributed by atoms with van der Waals surface area (Å²) in [6, 6.07) is 7.60. The van der Waals surface area contributed by atoms with Gasteiger partial charge in [-0.15, -0.1) is 0 Å². The molecule has 2 N–H and O–H groups in total. The maximum atomic E-state index is 11.1. The van der Waals surface area contributed by atoms with Gasteiger partial charge in [0, 0.05) is 0 Å². The van der Waals surface area contributed by atoms with Gasteiger partial charge in [0.05, 0.1) is 12.9 Å². The Balaban J connectivity index is 2.75. The lowest BCUT2D eigenvalue weighted by atomic mass is 9.88. The summed E-state index contributed by atoms with van der Waals surface area (Å²) < 4.78 is 27.3. The van der Waals surface area contributed by atoms with E-state index in [1.54, 1.807) is 7.11 Å². The summed E-state index contributed by atoms with van der Waals surface area (Å²) >= 11 is 0. The molecule has 0 aromatic heterocycles. The predicted molar refractivity (Wildman–Crippen MR) is 68.5 cm³/mol. The molecular formula is C12H19NO3S. The van der Waals surface area contributed by atoms with Gasteiger partial charge >= 0.3 is 0 Å². The molecule has 0 amide bonds. The van der Waals surface area contributed by atoms with Crippen molar-refractivity contribution in [2.45, 2.75) is 20.3 Å². The third-order valence-corrected chi connectivity index (χ3v) is 3.62. The Morgan fingerprint density at radius 2 is 1.76 bits per heavy atom. The van der Waals surface area contributed by atoms with Crippen molar-refractivity contribution >= 4 is 10.0 Å². The summed E-state index contributed by atoms with van der Waals surface area (Å²) in [5.74, 6) is 0.768. The van der Waals surface area contributed by atoms with Crippen molar-refractivity contribution in [2.75, 3.05) is 12.9 Å². The molecule has 0 atom stereocenters. The van der Waals surface area contributed by atoms with Crippen molar-refractivity contribution in [2.24, 2.45) is 10.6 Å². The van der Waals surface area contributed by atoms with E-state index < -0.39 is 10.0 Å². The second-order valence-corrected chi connectivity index (χ2v) is 6.61. The fraction of sp³-hybridized carbons (Fsp3) is 0.500. The summed E-state index contributed by atoms with van der Waals surface area (Å²) in [6.07, 6.45) is 0.660. The van der Waals surface area contributed by atoms with Gasteiger partial charge in [0.1, 0.15) is 5.75 Å². The normalized spacial score (nSPS) is 12.5. The summed E-state index contributed by atoms with van der Waals surface area (Å²) in [7, 11) is -1.83. The molecule has 0 aliphatic heterocycles. The first-order valence-corrected chi connectivity index (χ1v) is 7.07. The zero-order valence-corrected chi connectivity index (χ0v) is 11.3. The first-order valence-electron chi connectivity index (χ1n) is 5.35. The van der Waals surface area contributed by atoms with E-state index in [1.807, 2.05) is 38.1 Å². The smallest absolute Gasteiger partial charge is 0.209 e. The Labute approximate surface area is 103 Å². The van der Waals surface area contributed by atoms with Crippen LogP contribution in [0.4, 0.5) is 0 Å². The number of primary sulfonamides is 1. The Kier molecular flexibility index (Phi) is 4.16. The van der Waals surface area contributed by atoms with Gasteiger partial charge in [0.2, 0.25) is 10.0 Å². The van der Waals surface area contributed by atoms with E-state index >= 15 is 0 Å². The first-order chi connectivity index (χ1) is 7.72. The number of ether oxygens (including phenoxy) is 1. The molecule has 96 valence electrons. The van der Waals surface area contributed by atoms with Crippen LogP contribution in [0.3, 0.4) is 0 Å². The second kappa shape index (κ2) is 5.06. The molecule has 0 aliphatic carbocycles. The van der Waals surface area contributed by atoms with Gasteiger partial charge < -0.3 is 4.74 Å². The molecule has 17 heavy (non-hydrogen) atoms. The molecule has 0 bridgehead atoms. The highest BCUT2D eigenvalue weighted by Gasteiger charge is 2.24. The summed E-state index contributed by atoms with van der Waals surface area (Å²) in [4.78, 5) is 0. The number of methoxy groups -OCH3 is 1. The number of hydrogen-bond donors (Lipinski definition) is 1. The number of hydrogen-bond acceptors (Lipinski definition) is 3. The van der Waals surface area contributed by atoms with E-state index in [0.29, 0.717) is 6.42 Å². The van der Waals surface area contributed by atoms with Crippen molar-refractivity contribution in [1.29, 1.82) is 0 Å². The third kappa shape index (κ3) is 5.19. The SMILES string of the molecule is COc1ccc(CC(C)(C)CS(N)(=O)=O)cc1. The molecule has 0 unspecified atom stereocenters. The van der Waals surface area contributed by atoms with Crippen LogP contribution in [0, 0.1) is 5.41 Å². The number of nitrogens with two attached hydrogens (primary N) is 1. The van der Waals surface area contributed by atoms with E-state index in [1.165, 1.54) is 0 Å². The number of rotatable bonds is 5. The average molecular weight is 257 g/mol. The average Bonchev–Trinajstić information content (AvgIpc) is 2.14. The maximum Gasteiger partial charge on any atom is 0.209 e. The van der Waals surface area contributed by atoms with Gasteiger partial charge in [-0.25, -0.2) is 13.6 Å². The molecule has 1 aromatic carbocycles. The molecule has 0 spiro atoms. The van der Waals surface area contributed by atoms with Crippen molar-refractivity contribution in [3.8, 4) is 5.75 Å². The highest BCUT2D eigenvalue weighted by Crippen LogP contribution is 2.24. The Morgan fingerprint density at radius 1 is 1.24 bits per heavy atom.